The summed E-state index contributed by atoms with van der Waals surface area (Å²) in [6.07, 6.45) is 3.86. The van der Waals surface area contributed by atoms with E-state index in [0.717, 1.165) is 28.7 Å². The van der Waals surface area contributed by atoms with Gasteiger partial charge >= 0.3 is 0 Å². The van der Waals surface area contributed by atoms with Gasteiger partial charge in [0.25, 0.3) is 0 Å². The molecule has 122 valence electrons. The molecule has 0 spiro atoms. The number of anilines is 1. The van der Waals surface area contributed by atoms with E-state index in [1.54, 1.807) is 0 Å². The maximum atomic E-state index is 4.69. The Hall–Kier alpha value is -2.37. The molecule has 0 aromatic carbocycles. The van der Waals surface area contributed by atoms with Crippen molar-refractivity contribution in [2.24, 2.45) is 0 Å². The van der Waals surface area contributed by atoms with Crippen LogP contribution in [-0.2, 0) is 6.54 Å². The Kier molecular flexibility index (Phi) is 4.07. The second kappa shape index (κ2) is 6.02. The first-order chi connectivity index (χ1) is 11.0. The number of aryl methyl sites for hydroxylation is 1. The minimum Gasteiger partial charge on any atom is -0.363 e. The number of nitrogens with zero attached hydrogens (tertiary/aromatic N) is 5. The molecule has 6 nitrogen and oxygen atoms in total. The van der Waals surface area contributed by atoms with Gasteiger partial charge in [0, 0.05) is 36.3 Å². The minimum absolute atomic E-state index is 0.369. The number of imidazole rings is 1. The second-order valence-corrected chi connectivity index (χ2v) is 6.47. The molecular weight excluding hydrogens is 288 g/mol. The summed E-state index contributed by atoms with van der Waals surface area (Å²) < 4.78 is 4.03. The summed E-state index contributed by atoms with van der Waals surface area (Å²) in [6, 6.07) is 4.48. The fourth-order valence-corrected chi connectivity index (χ4v) is 2.65. The fraction of sp³-hybridized carbons (Fsp3) is 0.471. The molecule has 0 aliphatic rings. The molecule has 3 rings (SSSR count). The Labute approximate surface area is 136 Å². The van der Waals surface area contributed by atoms with Crippen molar-refractivity contribution in [3.63, 3.8) is 0 Å². The number of fused-ring (bicyclic) bond motifs is 1. The van der Waals surface area contributed by atoms with Crippen LogP contribution in [0.4, 0.5) is 5.82 Å². The maximum Gasteiger partial charge on any atom is 0.157 e. The predicted octanol–water partition coefficient (Wildman–Crippen LogP) is 3.55. The van der Waals surface area contributed by atoms with E-state index in [9.17, 15) is 0 Å². The minimum atomic E-state index is 0.369. The van der Waals surface area contributed by atoms with E-state index >= 15 is 0 Å². The SMILES string of the molecule is Cc1cc2nc(C(C)C)cc(NCc3nccn3C(C)C)n2n1. The number of hydrogen-bond donors (Lipinski definition) is 1. The summed E-state index contributed by atoms with van der Waals surface area (Å²) >= 11 is 0. The Balaban J connectivity index is 1.93. The Morgan fingerprint density at radius 3 is 2.65 bits per heavy atom. The Morgan fingerprint density at radius 1 is 1.17 bits per heavy atom. The van der Waals surface area contributed by atoms with E-state index in [1.807, 2.05) is 29.9 Å². The average Bonchev–Trinajstić information content (AvgIpc) is 3.09. The van der Waals surface area contributed by atoms with Crippen LogP contribution >= 0.6 is 0 Å². The molecule has 0 saturated heterocycles. The van der Waals surface area contributed by atoms with Crippen molar-refractivity contribution in [1.29, 1.82) is 0 Å². The standard InChI is InChI=1S/C17H24N6/c1-11(2)14-9-15(23-16(20-14)8-13(5)21-23)19-10-17-18-6-7-22(17)12(3)4/h6-9,11-12,19H,10H2,1-5H3. The van der Waals surface area contributed by atoms with E-state index in [-0.39, 0.29) is 0 Å². The molecule has 0 fully saturated rings. The van der Waals surface area contributed by atoms with Crippen molar-refractivity contribution in [2.75, 3.05) is 5.32 Å². The topological polar surface area (TPSA) is 60.0 Å². The van der Waals surface area contributed by atoms with Crippen molar-refractivity contribution in [1.82, 2.24) is 24.1 Å². The van der Waals surface area contributed by atoms with Crippen LogP contribution in [0.3, 0.4) is 0 Å². The van der Waals surface area contributed by atoms with Gasteiger partial charge in [-0.3, -0.25) is 0 Å². The summed E-state index contributed by atoms with van der Waals surface area (Å²) in [5.74, 6) is 2.33. The van der Waals surface area contributed by atoms with Crippen molar-refractivity contribution < 1.29 is 0 Å². The quantitative estimate of drug-likeness (QED) is 0.782. The van der Waals surface area contributed by atoms with Crippen molar-refractivity contribution in [2.45, 2.75) is 53.1 Å². The van der Waals surface area contributed by atoms with Crippen molar-refractivity contribution in [3.8, 4) is 0 Å². The molecular formula is C17H24N6. The molecule has 3 aromatic heterocycles. The molecule has 0 radical (unpaired) electrons. The van der Waals surface area contributed by atoms with Gasteiger partial charge in [0.1, 0.15) is 11.6 Å². The monoisotopic (exact) mass is 312 g/mol. The van der Waals surface area contributed by atoms with Gasteiger partial charge in [-0.25, -0.2) is 9.97 Å². The summed E-state index contributed by atoms with van der Waals surface area (Å²) in [7, 11) is 0. The van der Waals surface area contributed by atoms with Crippen LogP contribution in [0.15, 0.2) is 24.5 Å². The van der Waals surface area contributed by atoms with Gasteiger partial charge < -0.3 is 9.88 Å². The van der Waals surface area contributed by atoms with Gasteiger partial charge in [-0.05, 0) is 26.7 Å². The highest BCUT2D eigenvalue weighted by Gasteiger charge is 2.12. The molecule has 0 amide bonds. The molecule has 0 bridgehead atoms. The highest BCUT2D eigenvalue weighted by atomic mass is 15.3. The summed E-state index contributed by atoms with van der Waals surface area (Å²) in [5.41, 5.74) is 2.90. The van der Waals surface area contributed by atoms with Gasteiger partial charge in [0.15, 0.2) is 5.65 Å². The molecule has 0 aliphatic heterocycles. The van der Waals surface area contributed by atoms with Crippen molar-refractivity contribution in [3.05, 3.63) is 41.7 Å². The lowest BCUT2D eigenvalue weighted by atomic mass is 10.1. The van der Waals surface area contributed by atoms with Crippen LogP contribution in [0.1, 0.15) is 56.9 Å². The Bertz CT molecular complexity index is 812. The normalized spacial score (nSPS) is 11.8. The molecule has 23 heavy (non-hydrogen) atoms. The van der Waals surface area contributed by atoms with Crippen LogP contribution in [0, 0.1) is 6.92 Å². The Morgan fingerprint density at radius 2 is 1.96 bits per heavy atom. The van der Waals surface area contributed by atoms with Gasteiger partial charge in [0.2, 0.25) is 0 Å². The van der Waals surface area contributed by atoms with Crippen molar-refractivity contribution >= 4 is 11.5 Å². The highest BCUT2D eigenvalue weighted by molar-refractivity contribution is 5.51. The lowest BCUT2D eigenvalue weighted by Crippen LogP contribution is -2.13. The largest absolute Gasteiger partial charge is 0.363 e. The van der Waals surface area contributed by atoms with E-state index in [0.29, 0.717) is 18.5 Å². The lowest BCUT2D eigenvalue weighted by Gasteiger charge is -2.14. The second-order valence-electron chi connectivity index (χ2n) is 6.47. The third kappa shape index (κ3) is 3.06. The molecule has 0 aliphatic carbocycles. The molecule has 1 N–H and O–H groups in total. The number of nitrogens with one attached hydrogen (secondary N) is 1. The number of hydrogen-bond acceptors (Lipinski definition) is 4. The van der Waals surface area contributed by atoms with E-state index in [2.05, 4.69) is 58.7 Å². The number of aromatic nitrogens is 5. The highest BCUT2D eigenvalue weighted by Crippen LogP contribution is 2.20. The van der Waals surface area contributed by atoms with E-state index in [4.69, 9.17) is 0 Å². The van der Waals surface area contributed by atoms with Crippen LogP contribution in [0.2, 0.25) is 0 Å². The molecule has 3 aromatic rings. The lowest BCUT2D eigenvalue weighted by molar-refractivity contribution is 0.572. The molecule has 0 saturated carbocycles. The fourth-order valence-electron chi connectivity index (χ4n) is 2.65. The first kappa shape index (κ1) is 15.5. The predicted molar refractivity (Wildman–Crippen MR) is 91.8 cm³/mol. The van der Waals surface area contributed by atoms with Crippen LogP contribution < -0.4 is 5.32 Å². The van der Waals surface area contributed by atoms with Gasteiger partial charge in [-0.1, -0.05) is 13.8 Å². The molecule has 6 heteroatoms. The molecule has 3 heterocycles. The van der Waals surface area contributed by atoms with Gasteiger partial charge in [-0.15, -0.1) is 0 Å². The van der Waals surface area contributed by atoms with Gasteiger partial charge in [-0.2, -0.15) is 9.61 Å². The van der Waals surface area contributed by atoms with Crippen LogP contribution in [0.25, 0.3) is 5.65 Å². The maximum absolute atomic E-state index is 4.69. The molecule has 0 unspecified atom stereocenters. The van der Waals surface area contributed by atoms with Gasteiger partial charge in [0.05, 0.1) is 12.2 Å². The zero-order valence-corrected chi connectivity index (χ0v) is 14.4. The zero-order valence-electron chi connectivity index (χ0n) is 14.4. The van der Waals surface area contributed by atoms with E-state index in [1.165, 1.54) is 0 Å². The zero-order chi connectivity index (χ0) is 16.6. The first-order valence-electron chi connectivity index (χ1n) is 8.08. The summed E-state index contributed by atoms with van der Waals surface area (Å²) in [4.78, 5) is 9.14. The average molecular weight is 312 g/mol. The smallest absolute Gasteiger partial charge is 0.157 e. The summed E-state index contributed by atoms with van der Waals surface area (Å²) in [6.45, 7) is 11.3. The third-order valence-corrected chi connectivity index (χ3v) is 3.89. The molecule has 0 atom stereocenters. The van der Waals surface area contributed by atoms with Crippen LogP contribution in [-0.4, -0.2) is 24.1 Å². The first-order valence-corrected chi connectivity index (χ1v) is 8.08. The summed E-state index contributed by atoms with van der Waals surface area (Å²) in [5, 5.41) is 8.01. The van der Waals surface area contributed by atoms with Crippen LogP contribution in [0.5, 0.6) is 0 Å². The number of rotatable bonds is 5. The third-order valence-electron chi connectivity index (χ3n) is 3.89. The van der Waals surface area contributed by atoms with E-state index < -0.39 is 0 Å².